The van der Waals surface area contributed by atoms with Crippen LogP contribution in [-0.4, -0.2) is 73.0 Å². The van der Waals surface area contributed by atoms with E-state index in [0.717, 1.165) is 16.0 Å². The third-order valence-electron chi connectivity index (χ3n) is 4.69. The number of ketones is 1. The van der Waals surface area contributed by atoms with Crippen molar-refractivity contribution in [1.82, 2.24) is 5.01 Å². The lowest BCUT2D eigenvalue weighted by Gasteiger charge is -2.28. The van der Waals surface area contributed by atoms with Crippen molar-refractivity contribution in [2.75, 3.05) is 36.0 Å². The van der Waals surface area contributed by atoms with Gasteiger partial charge in [0, 0.05) is 13.0 Å². The van der Waals surface area contributed by atoms with Crippen molar-refractivity contribution < 1.29 is 37.4 Å². The molecule has 1 fully saturated rings. The summed E-state index contributed by atoms with van der Waals surface area (Å²) in [7, 11) is 0. The molecule has 3 rings (SSSR count). The number of rotatable bonds is 7. The quantitative estimate of drug-likeness (QED) is 0.704. The van der Waals surface area contributed by atoms with Gasteiger partial charge in [0.25, 0.3) is 12.3 Å². The predicted molar refractivity (Wildman–Crippen MR) is 98.9 cm³/mol. The van der Waals surface area contributed by atoms with Gasteiger partial charge in [0.05, 0.1) is 24.5 Å². The van der Waals surface area contributed by atoms with Crippen LogP contribution in [0.2, 0.25) is 0 Å². The number of nitrogens with zero attached hydrogens (tertiary/aromatic N) is 4. The highest BCUT2D eigenvalue weighted by Crippen LogP contribution is 2.29. The molecule has 0 unspecified atom stereocenters. The van der Waals surface area contributed by atoms with E-state index in [1.54, 1.807) is 0 Å². The lowest BCUT2D eigenvalue weighted by Crippen LogP contribution is -2.42. The van der Waals surface area contributed by atoms with Gasteiger partial charge in [-0.3, -0.25) is 14.5 Å². The Bertz CT molecular complexity index is 866. The molecule has 2 aliphatic rings. The van der Waals surface area contributed by atoms with E-state index in [-0.39, 0.29) is 37.4 Å². The second-order valence-electron chi connectivity index (χ2n) is 6.66. The van der Waals surface area contributed by atoms with Gasteiger partial charge in [-0.2, -0.15) is 5.10 Å². The molecule has 0 radical (unpaired) electrons. The highest BCUT2D eigenvalue weighted by molar-refractivity contribution is 5.91. The zero-order chi connectivity index (χ0) is 21.8. The van der Waals surface area contributed by atoms with Gasteiger partial charge >= 0.3 is 6.09 Å². The Balaban J connectivity index is 1.65. The van der Waals surface area contributed by atoms with Crippen LogP contribution < -0.4 is 9.80 Å². The van der Waals surface area contributed by atoms with Crippen LogP contribution >= 0.6 is 0 Å². The monoisotopic (exact) mass is 428 g/mol. The first-order chi connectivity index (χ1) is 14.3. The van der Waals surface area contributed by atoms with Gasteiger partial charge in [0.2, 0.25) is 0 Å². The van der Waals surface area contributed by atoms with Crippen LogP contribution in [0.25, 0.3) is 0 Å². The van der Waals surface area contributed by atoms with Gasteiger partial charge in [0.1, 0.15) is 24.9 Å². The average molecular weight is 428 g/mol. The number of cyclic esters (lactones) is 1. The molecule has 1 aromatic carbocycles. The Labute approximate surface area is 169 Å². The van der Waals surface area contributed by atoms with Crippen LogP contribution in [0.15, 0.2) is 23.3 Å². The number of halogens is 3. The van der Waals surface area contributed by atoms with E-state index >= 15 is 0 Å². The summed E-state index contributed by atoms with van der Waals surface area (Å²) in [6.45, 7) is -0.257. The molecular weight excluding hydrogens is 409 g/mol. The number of hydrazone groups is 1. The maximum absolute atomic E-state index is 14.6. The van der Waals surface area contributed by atoms with E-state index < -0.39 is 49.2 Å². The number of carbonyl (C=O) groups is 3. The SMILES string of the molecule is O=C(CC[C@H]1CN(c2ccc(N3C=NN(C(=O)CO)CC3)c(F)c2)C(=O)O1)C(F)F. The van der Waals surface area contributed by atoms with Crippen LogP contribution in [-0.2, 0) is 14.3 Å². The summed E-state index contributed by atoms with van der Waals surface area (Å²) in [5.74, 6) is -2.44. The summed E-state index contributed by atoms with van der Waals surface area (Å²) in [5.41, 5.74) is 0.389. The first-order valence-electron chi connectivity index (χ1n) is 9.10. The number of aliphatic hydroxyl groups is 1. The number of benzene rings is 1. The van der Waals surface area contributed by atoms with Gasteiger partial charge < -0.3 is 14.7 Å². The Morgan fingerprint density at radius 1 is 1.30 bits per heavy atom. The van der Waals surface area contributed by atoms with Gasteiger partial charge in [-0.1, -0.05) is 0 Å². The molecule has 0 aromatic heterocycles. The van der Waals surface area contributed by atoms with Crippen LogP contribution in [0.4, 0.5) is 29.3 Å². The highest BCUT2D eigenvalue weighted by atomic mass is 19.3. The largest absolute Gasteiger partial charge is 0.444 e. The van der Waals surface area contributed by atoms with E-state index in [9.17, 15) is 27.6 Å². The van der Waals surface area contributed by atoms with Crippen molar-refractivity contribution in [3.05, 3.63) is 24.0 Å². The molecule has 1 aromatic rings. The number of ether oxygens (including phenoxy) is 1. The first kappa shape index (κ1) is 21.6. The number of aliphatic hydroxyl groups excluding tert-OH is 1. The summed E-state index contributed by atoms with van der Waals surface area (Å²) in [6, 6.07) is 4.05. The molecule has 1 saturated heterocycles. The lowest BCUT2D eigenvalue weighted by atomic mass is 10.1. The number of hydrogen-bond acceptors (Lipinski definition) is 7. The Morgan fingerprint density at radius 2 is 2.07 bits per heavy atom. The minimum absolute atomic E-state index is 0.0115. The molecule has 0 saturated carbocycles. The number of amides is 2. The number of carbonyl (C=O) groups excluding carboxylic acids is 3. The normalized spacial score (nSPS) is 18.9. The minimum Gasteiger partial charge on any atom is -0.444 e. The number of alkyl halides is 2. The third-order valence-corrected chi connectivity index (χ3v) is 4.69. The second kappa shape index (κ2) is 9.11. The fourth-order valence-electron chi connectivity index (χ4n) is 3.09. The van der Waals surface area contributed by atoms with Crippen LogP contribution in [0.3, 0.4) is 0 Å². The van der Waals surface area contributed by atoms with Crippen molar-refractivity contribution >= 4 is 35.5 Å². The average Bonchev–Trinajstić information content (AvgIpc) is 3.12. The zero-order valence-corrected chi connectivity index (χ0v) is 15.7. The van der Waals surface area contributed by atoms with E-state index in [2.05, 4.69) is 5.10 Å². The maximum Gasteiger partial charge on any atom is 0.414 e. The molecule has 2 aliphatic heterocycles. The molecular formula is C18H19F3N4O5. The van der Waals surface area contributed by atoms with Gasteiger partial charge in [-0.25, -0.2) is 23.0 Å². The zero-order valence-electron chi connectivity index (χ0n) is 15.7. The van der Waals surface area contributed by atoms with Crippen molar-refractivity contribution in [1.29, 1.82) is 0 Å². The van der Waals surface area contributed by atoms with Crippen molar-refractivity contribution in [3.8, 4) is 0 Å². The predicted octanol–water partition coefficient (Wildman–Crippen LogP) is 1.35. The molecule has 2 heterocycles. The molecule has 9 nitrogen and oxygen atoms in total. The van der Waals surface area contributed by atoms with E-state index in [1.807, 2.05) is 0 Å². The highest BCUT2D eigenvalue weighted by Gasteiger charge is 2.33. The van der Waals surface area contributed by atoms with Gasteiger partial charge in [-0.15, -0.1) is 0 Å². The standard InChI is InChI=1S/C18H19F3N4O5/c19-13-7-11(24-8-12(30-18(24)29)2-4-15(27)17(20)21)1-3-14(13)23-5-6-25(22-10-23)16(28)9-26/h1,3,7,10,12,17,26H,2,4-6,8-9H2/t12-/m0/s1. The van der Waals surface area contributed by atoms with Crippen LogP contribution in [0.5, 0.6) is 0 Å². The second-order valence-corrected chi connectivity index (χ2v) is 6.66. The van der Waals surface area contributed by atoms with Crippen LogP contribution in [0, 0.1) is 5.82 Å². The Morgan fingerprint density at radius 3 is 2.67 bits per heavy atom. The van der Waals surface area contributed by atoms with Crippen molar-refractivity contribution in [2.45, 2.75) is 25.4 Å². The van der Waals surface area contributed by atoms with Crippen molar-refractivity contribution in [3.63, 3.8) is 0 Å². The molecule has 30 heavy (non-hydrogen) atoms. The van der Waals surface area contributed by atoms with Gasteiger partial charge in [0.15, 0.2) is 5.78 Å². The van der Waals surface area contributed by atoms with Gasteiger partial charge in [-0.05, 0) is 24.6 Å². The third kappa shape index (κ3) is 4.70. The van der Waals surface area contributed by atoms with Crippen LogP contribution in [0.1, 0.15) is 12.8 Å². The number of Topliss-reactive ketones (excluding diaryl/α,β-unsaturated/α-hetero) is 1. The molecule has 0 spiro atoms. The van der Waals surface area contributed by atoms with Crippen molar-refractivity contribution in [2.24, 2.45) is 5.10 Å². The first-order valence-corrected chi connectivity index (χ1v) is 9.10. The Kier molecular flexibility index (Phi) is 6.55. The van der Waals surface area contributed by atoms with E-state index in [4.69, 9.17) is 9.84 Å². The smallest absolute Gasteiger partial charge is 0.414 e. The molecule has 0 bridgehead atoms. The summed E-state index contributed by atoms with van der Waals surface area (Å²) < 4.78 is 44.3. The lowest BCUT2D eigenvalue weighted by molar-refractivity contribution is -0.134. The number of hydrogen-bond donors (Lipinski definition) is 1. The number of anilines is 2. The minimum atomic E-state index is -3.06. The topological polar surface area (TPSA) is 103 Å². The van der Waals surface area contributed by atoms with E-state index in [0.29, 0.717) is 0 Å². The molecule has 1 N–H and O–H groups in total. The Hall–Kier alpha value is -3.15. The molecule has 2 amide bonds. The summed E-state index contributed by atoms with van der Waals surface area (Å²) in [4.78, 5) is 37.1. The van der Waals surface area contributed by atoms with E-state index in [1.165, 1.54) is 23.4 Å². The molecule has 12 heteroatoms. The molecule has 0 aliphatic carbocycles. The fourth-order valence-corrected chi connectivity index (χ4v) is 3.09. The molecule has 1 atom stereocenters. The summed E-state index contributed by atoms with van der Waals surface area (Å²) in [5, 5.41) is 13.8. The summed E-state index contributed by atoms with van der Waals surface area (Å²) in [6.07, 6.45) is -3.76. The molecule has 162 valence electrons. The fraction of sp³-hybridized carbons (Fsp3) is 0.444. The summed E-state index contributed by atoms with van der Waals surface area (Å²) >= 11 is 0. The maximum atomic E-state index is 14.6.